The highest BCUT2D eigenvalue weighted by atomic mass is 35.5. The summed E-state index contributed by atoms with van der Waals surface area (Å²) in [5, 5.41) is 12.6. The van der Waals surface area contributed by atoms with E-state index < -0.39 is 44.9 Å². The maximum atomic E-state index is 13.9. The molecule has 2 aromatic carbocycles. The zero-order valence-electron chi connectivity index (χ0n) is 16.6. The molecule has 1 atom stereocenters. The van der Waals surface area contributed by atoms with Gasteiger partial charge in [-0.2, -0.15) is 4.80 Å². The zero-order valence-corrected chi connectivity index (χ0v) is 18.9. The van der Waals surface area contributed by atoms with Crippen molar-refractivity contribution in [3.63, 3.8) is 0 Å². The Morgan fingerprint density at radius 1 is 1.12 bits per heavy atom. The number of benzene rings is 2. The lowest BCUT2D eigenvalue weighted by Crippen LogP contribution is -2.42. The third-order valence-corrected chi connectivity index (χ3v) is 6.70. The topological polar surface area (TPSA) is 107 Å². The van der Waals surface area contributed by atoms with E-state index in [-0.39, 0.29) is 18.7 Å². The maximum Gasteiger partial charge on any atom is 0.247 e. The van der Waals surface area contributed by atoms with E-state index in [0.29, 0.717) is 15.6 Å². The van der Waals surface area contributed by atoms with Crippen LogP contribution in [0, 0.1) is 11.6 Å². The van der Waals surface area contributed by atoms with Gasteiger partial charge >= 0.3 is 0 Å². The molecule has 0 amide bonds. The molecule has 0 aliphatic heterocycles. The minimum atomic E-state index is -4.63. The highest BCUT2D eigenvalue weighted by molar-refractivity contribution is 7.89. The number of hydrogen-bond acceptors (Lipinski definition) is 6. The lowest BCUT2D eigenvalue weighted by molar-refractivity contribution is -0.121. The van der Waals surface area contributed by atoms with Gasteiger partial charge in [0.2, 0.25) is 10.0 Å². The molecule has 0 bridgehead atoms. The van der Waals surface area contributed by atoms with Crippen molar-refractivity contribution in [2.75, 3.05) is 0 Å². The summed E-state index contributed by atoms with van der Waals surface area (Å²) in [4.78, 5) is 12.5. The van der Waals surface area contributed by atoms with E-state index in [1.54, 1.807) is 25.1 Å². The molecule has 0 aliphatic carbocycles. The molecule has 0 fully saturated rings. The van der Waals surface area contributed by atoms with Crippen LogP contribution < -0.4 is 4.72 Å². The van der Waals surface area contributed by atoms with Crippen molar-refractivity contribution in [3.05, 3.63) is 69.5 Å². The van der Waals surface area contributed by atoms with E-state index >= 15 is 0 Å². The SMILES string of the molecule is CCC(NS(=O)(=O)c1c(F)cccc1F)C(=O)Cn1nnc(Cc2c(Cl)cccc2Cl)n1. The van der Waals surface area contributed by atoms with Crippen LogP contribution in [0.3, 0.4) is 0 Å². The number of aromatic nitrogens is 4. The Balaban J connectivity index is 1.72. The van der Waals surface area contributed by atoms with Crippen LogP contribution in [0.15, 0.2) is 41.3 Å². The largest absolute Gasteiger partial charge is 0.296 e. The first-order valence-electron chi connectivity index (χ1n) is 9.31. The van der Waals surface area contributed by atoms with Crippen LogP contribution in [-0.4, -0.2) is 40.5 Å². The molecule has 0 spiro atoms. The van der Waals surface area contributed by atoms with Crippen molar-refractivity contribution in [1.82, 2.24) is 24.9 Å². The third-order valence-electron chi connectivity index (χ3n) is 4.47. The Morgan fingerprint density at radius 3 is 2.31 bits per heavy atom. The summed E-state index contributed by atoms with van der Waals surface area (Å²) >= 11 is 12.3. The van der Waals surface area contributed by atoms with Gasteiger partial charge in [0.25, 0.3) is 0 Å². The van der Waals surface area contributed by atoms with E-state index in [9.17, 15) is 22.0 Å². The number of ketones is 1. The standard InChI is InChI=1S/C19H17Cl2F2N5O3S/c1-2-16(26-32(30,31)19-14(22)7-4-8-15(19)23)17(29)10-28-25-18(24-27-28)9-11-12(20)5-3-6-13(11)21/h3-8,16,26H,2,9-10H2,1H3. The number of Topliss-reactive ketones (excluding diaryl/α,β-unsaturated/α-hetero) is 1. The zero-order chi connectivity index (χ0) is 23.5. The molecule has 13 heteroatoms. The monoisotopic (exact) mass is 503 g/mol. The van der Waals surface area contributed by atoms with Gasteiger partial charge in [-0.3, -0.25) is 4.79 Å². The molecule has 0 saturated heterocycles. The molecule has 1 N–H and O–H groups in total. The molecule has 1 heterocycles. The fourth-order valence-electron chi connectivity index (χ4n) is 2.89. The van der Waals surface area contributed by atoms with Crippen molar-refractivity contribution >= 4 is 39.0 Å². The average molecular weight is 504 g/mol. The molecule has 0 radical (unpaired) electrons. The van der Waals surface area contributed by atoms with E-state index in [2.05, 4.69) is 15.4 Å². The van der Waals surface area contributed by atoms with Gasteiger partial charge in [-0.15, -0.1) is 10.2 Å². The summed E-state index contributed by atoms with van der Waals surface area (Å²) < 4.78 is 54.7. The molecule has 3 aromatic rings. The maximum absolute atomic E-state index is 13.9. The van der Waals surface area contributed by atoms with E-state index in [1.807, 2.05) is 4.72 Å². The molecule has 0 aliphatic rings. The van der Waals surface area contributed by atoms with Crippen LogP contribution in [0.25, 0.3) is 0 Å². The normalized spacial score (nSPS) is 12.7. The first-order valence-corrected chi connectivity index (χ1v) is 11.5. The van der Waals surface area contributed by atoms with E-state index in [4.69, 9.17) is 23.2 Å². The first kappa shape index (κ1) is 24.2. The van der Waals surface area contributed by atoms with Crippen molar-refractivity contribution < 1.29 is 22.0 Å². The van der Waals surface area contributed by atoms with Gasteiger partial charge in [-0.25, -0.2) is 21.9 Å². The summed E-state index contributed by atoms with van der Waals surface area (Å²) in [6, 6.07) is 6.41. The van der Waals surface area contributed by atoms with Gasteiger partial charge in [0.05, 0.1) is 6.04 Å². The fourth-order valence-corrected chi connectivity index (χ4v) is 4.86. The van der Waals surface area contributed by atoms with Gasteiger partial charge in [0, 0.05) is 16.5 Å². The number of tetrazole rings is 1. The van der Waals surface area contributed by atoms with Crippen LogP contribution in [0.1, 0.15) is 24.7 Å². The third kappa shape index (κ3) is 5.47. The molecule has 0 saturated carbocycles. The van der Waals surface area contributed by atoms with Gasteiger partial charge < -0.3 is 0 Å². The minimum absolute atomic E-state index is 0.0327. The summed E-state index contributed by atoms with van der Waals surface area (Å²) in [6.07, 6.45) is 0.202. The summed E-state index contributed by atoms with van der Waals surface area (Å²) in [6.45, 7) is 1.13. The molecule has 1 aromatic heterocycles. The Labute approximate surface area is 192 Å². The average Bonchev–Trinajstić information content (AvgIpc) is 3.15. The van der Waals surface area contributed by atoms with Gasteiger partial charge in [0.15, 0.2) is 16.5 Å². The molecule has 32 heavy (non-hydrogen) atoms. The quantitative estimate of drug-likeness (QED) is 0.480. The van der Waals surface area contributed by atoms with Crippen molar-refractivity contribution in [3.8, 4) is 0 Å². The lowest BCUT2D eigenvalue weighted by Gasteiger charge is -2.16. The van der Waals surface area contributed by atoms with Crippen LogP contribution in [0.4, 0.5) is 8.78 Å². The number of nitrogens with one attached hydrogen (secondary N) is 1. The predicted molar refractivity (Wildman–Crippen MR) is 113 cm³/mol. The highest BCUT2D eigenvalue weighted by Gasteiger charge is 2.29. The highest BCUT2D eigenvalue weighted by Crippen LogP contribution is 2.25. The number of sulfonamides is 1. The number of rotatable bonds is 9. The number of nitrogens with zero attached hydrogens (tertiary/aromatic N) is 4. The van der Waals surface area contributed by atoms with Crippen LogP contribution in [-0.2, 0) is 27.8 Å². The summed E-state index contributed by atoms with van der Waals surface area (Å²) in [5.41, 5.74) is 0.591. The number of halogens is 4. The number of carbonyl (C=O) groups is 1. The molecule has 8 nitrogen and oxygen atoms in total. The van der Waals surface area contributed by atoms with Crippen molar-refractivity contribution in [2.45, 2.75) is 37.2 Å². The molecule has 170 valence electrons. The Bertz CT molecular complexity index is 1210. The molecule has 1 unspecified atom stereocenters. The Kier molecular flexibility index (Phi) is 7.55. The second kappa shape index (κ2) is 9.99. The molecular formula is C19H17Cl2F2N5O3S. The van der Waals surface area contributed by atoms with Crippen molar-refractivity contribution in [1.29, 1.82) is 0 Å². The number of carbonyl (C=O) groups excluding carboxylic acids is 1. The van der Waals surface area contributed by atoms with Crippen LogP contribution in [0.5, 0.6) is 0 Å². The fraction of sp³-hybridized carbons (Fsp3) is 0.263. The predicted octanol–water partition coefficient (Wildman–Crippen LogP) is 3.18. The number of hydrogen-bond donors (Lipinski definition) is 1. The second-order valence-corrected chi connectivity index (χ2v) is 9.18. The molecular weight excluding hydrogens is 487 g/mol. The van der Waals surface area contributed by atoms with Crippen molar-refractivity contribution in [2.24, 2.45) is 0 Å². The smallest absolute Gasteiger partial charge is 0.247 e. The van der Waals surface area contributed by atoms with Crippen LogP contribution >= 0.6 is 23.2 Å². The Morgan fingerprint density at radius 2 is 1.72 bits per heavy atom. The lowest BCUT2D eigenvalue weighted by atomic mass is 10.1. The summed E-state index contributed by atoms with van der Waals surface area (Å²) in [5.74, 6) is -2.90. The minimum Gasteiger partial charge on any atom is -0.296 e. The first-order chi connectivity index (χ1) is 15.1. The molecule has 3 rings (SSSR count). The van der Waals surface area contributed by atoms with Gasteiger partial charge in [0.1, 0.15) is 18.2 Å². The summed E-state index contributed by atoms with van der Waals surface area (Å²) in [7, 11) is -4.63. The van der Waals surface area contributed by atoms with Gasteiger partial charge in [-0.05, 0) is 41.5 Å². The van der Waals surface area contributed by atoms with E-state index in [0.717, 1.165) is 23.0 Å². The van der Waals surface area contributed by atoms with E-state index in [1.165, 1.54) is 0 Å². The van der Waals surface area contributed by atoms with Crippen LogP contribution in [0.2, 0.25) is 10.0 Å². The van der Waals surface area contributed by atoms with Gasteiger partial charge in [-0.1, -0.05) is 42.3 Å². The Hall–Kier alpha value is -2.47. The second-order valence-electron chi connectivity index (χ2n) is 6.71.